The van der Waals surface area contributed by atoms with E-state index >= 15 is 0 Å². The maximum atomic E-state index is 12.8. The normalized spacial score (nSPS) is 34.8. The summed E-state index contributed by atoms with van der Waals surface area (Å²) >= 11 is 0. The Morgan fingerprint density at radius 1 is 0.656 bits per heavy atom. The van der Waals surface area contributed by atoms with Crippen LogP contribution in [0.4, 0.5) is 0 Å². The van der Waals surface area contributed by atoms with E-state index in [1.165, 1.54) is 0 Å². The summed E-state index contributed by atoms with van der Waals surface area (Å²) in [6.45, 7) is 2.52. The molecule has 7 unspecified atom stereocenters. The van der Waals surface area contributed by atoms with Gasteiger partial charge in [0.15, 0.2) is 0 Å². The van der Waals surface area contributed by atoms with E-state index in [-0.39, 0.29) is 51.0 Å². The molecule has 4 fully saturated rings. The number of epoxide rings is 3. The van der Waals surface area contributed by atoms with Crippen molar-refractivity contribution in [2.24, 2.45) is 23.7 Å². The largest absolute Gasteiger partial charge is 0.465 e. The minimum atomic E-state index is -0.875. The molecule has 0 spiro atoms. The molecular formula is C22H30O10. The fraction of sp³-hybridized carbons (Fsp3) is 0.818. The molecule has 178 valence electrons. The molecule has 4 aliphatic rings. The maximum Gasteiger partial charge on any atom is 0.309 e. The van der Waals surface area contributed by atoms with Crippen LogP contribution in [0.1, 0.15) is 32.1 Å². The fourth-order valence-electron chi connectivity index (χ4n) is 4.07. The van der Waals surface area contributed by atoms with Gasteiger partial charge in [-0.1, -0.05) is 0 Å². The van der Waals surface area contributed by atoms with Gasteiger partial charge in [0.05, 0.1) is 75.7 Å². The molecule has 10 nitrogen and oxygen atoms in total. The summed E-state index contributed by atoms with van der Waals surface area (Å²) < 4.78 is 31.4. The monoisotopic (exact) mass is 454 g/mol. The Morgan fingerprint density at radius 2 is 1.03 bits per heavy atom. The van der Waals surface area contributed by atoms with Crippen LogP contribution in [0.25, 0.3) is 0 Å². The summed E-state index contributed by atoms with van der Waals surface area (Å²) in [6, 6.07) is 0. The van der Waals surface area contributed by atoms with Gasteiger partial charge >= 0.3 is 17.9 Å². The second-order valence-electron chi connectivity index (χ2n) is 8.83. The van der Waals surface area contributed by atoms with Gasteiger partial charge in [0.25, 0.3) is 0 Å². The molecular weight excluding hydrogens is 424 g/mol. The summed E-state index contributed by atoms with van der Waals surface area (Å²) in [4.78, 5) is 50.0. The van der Waals surface area contributed by atoms with Crippen molar-refractivity contribution in [3.63, 3.8) is 0 Å². The zero-order valence-corrected chi connectivity index (χ0v) is 18.0. The highest BCUT2D eigenvalue weighted by molar-refractivity contribution is 5.85. The predicted octanol–water partition coefficient (Wildman–Crippen LogP) is 0.440. The van der Waals surface area contributed by atoms with E-state index in [1.807, 2.05) is 0 Å². The Balaban J connectivity index is 1.36. The topological polar surface area (TPSA) is 134 Å². The Morgan fingerprint density at radius 3 is 1.41 bits per heavy atom. The molecule has 3 heterocycles. The van der Waals surface area contributed by atoms with Crippen LogP contribution in [0.3, 0.4) is 0 Å². The van der Waals surface area contributed by atoms with Crippen molar-refractivity contribution >= 4 is 24.2 Å². The van der Waals surface area contributed by atoms with Crippen molar-refractivity contribution in [2.75, 3.05) is 39.6 Å². The average molecular weight is 454 g/mol. The van der Waals surface area contributed by atoms with Gasteiger partial charge in [0.1, 0.15) is 6.29 Å². The van der Waals surface area contributed by atoms with Crippen LogP contribution in [-0.4, -0.2) is 82.1 Å². The Kier molecular flexibility index (Phi) is 7.75. The first-order chi connectivity index (χ1) is 15.5. The lowest BCUT2D eigenvalue weighted by Crippen LogP contribution is -2.44. The number of hydrogen-bond donors (Lipinski definition) is 0. The van der Waals surface area contributed by atoms with Crippen LogP contribution in [-0.2, 0) is 47.6 Å². The summed E-state index contributed by atoms with van der Waals surface area (Å²) in [5, 5.41) is 0. The van der Waals surface area contributed by atoms with Gasteiger partial charge in [-0.2, -0.15) is 0 Å². The van der Waals surface area contributed by atoms with Gasteiger partial charge in [-0.25, -0.2) is 0 Å². The Hall–Kier alpha value is -2.04. The molecule has 7 atom stereocenters. The lowest BCUT2D eigenvalue weighted by Gasteiger charge is -2.35. The number of ether oxygens (including phenoxy) is 6. The zero-order valence-electron chi connectivity index (χ0n) is 18.0. The number of carbonyl (C=O) groups excluding carboxylic acids is 4. The van der Waals surface area contributed by atoms with E-state index in [0.717, 1.165) is 0 Å². The molecule has 0 bridgehead atoms. The molecule has 3 aliphatic heterocycles. The first-order valence-electron chi connectivity index (χ1n) is 11.3. The van der Waals surface area contributed by atoms with Crippen LogP contribution < -0.4 is 0 Å². The van der Waals surface area contributed by atoms with Crippen LogP contribution >= 0.6 is 0 Å². The average Bonchev–Trinajstić information content (AvgIpc) is 3.61. The van der Waals surface area contributed by atoms with Crippen molar-refractivity contribution in [1.29, 1.82) is 0 Å². The number of carbonyl (C=O) groups is 4. The van der Waals surface area contributed by atoms with E-state index in [0.29, 0.717) is 45.4 Å². The number of esters is 3. The number of hydrogen-bond acceptors (Lipinski definition) is 10. The van der Waals surface area contributed by atoms with Gasteiger partial charge in [-0.15, -0.1) is 0 Å². The lowest BCUT2D eigenvalue weighted by atomic mass is 9.68. The molecule has 4 rings (SSSR count). The van der Waals surface area contributed by atoms with Crippen LogP contribution in [0.15, 0.2) is 0 Å². The van der Waals surface area contributed by atoms with Crippen molar-refractivity contribution in [3.05, 3.63) is 0 Å². The highest BCUT2D eigenvalue weighted by Crippen LogP contribution is 2.40. The van der Waals surface area contributed by atoms with E-state index < -0.39 is 41.6 Å². The molecule has 0 N–H and O–H groups in total. The zero-order chi connectivity index (χ0) is 22.5. The molecule has 1 aliphatic carbocycles. The molecule has 0 aromatic carbocycles. The molecule has 0 aromatic heterocycles. The minimum Gasteiger partial charge on any atom is -0.465 e. The van der Waals surface area contributed by atoms with Gasteiger partial charge < -0.3 is 33.2 Å². The maximum absolute atomic E-state index is 12.8. The SMILES string of the molecule is O=CC1CC(C(=O)OCCC2CO2)C(C(=O)OCCC2CO2)CC1C(=O)OCCC1CO1. The standard InChI is InChI=1S/C22H30O10/c23-9-13-7-18(21(25)28-5-2-15-11-31-15)19(22(26)29-6-3-16-12-32-16)8-17(13)20(24)27-4-1-14-10-30-14/h9,13-19H,1-8,10-12H2. The first-order valence-corrected chi connectivity index (χ1v) is 11.3. The second-order valence-corrected chi connectivity index (χ2v) is 8.83. The van der Waals surface area contributed by atoms with Crippen molar-refractivity contribution in [3.8, 4) is 0 Å². The number of aldehydes is 1. The first kappa shape index (κ1) is 23.1. The second kappa shape index (κ2) is 10.7. The highest BCUT2D eigenvalue weighted by Gasteiger charge is 2.48. The van der Waals surface area contributed by atoms with Gasteiger partial charge in [0, 0.05) is 25.2 Å². The highest BCUT2D eigenvalue weighted by atomic mass is 16.6. The third-order valence-electron chi connectivity index (χ3n) is 6.38. The van der Waals surface area contributed by atoms with E-state index in [4.69, 9.17) is 28.4 Å². The van der Waals surface area contributed by atoms with Crippen molar-refractivity contribution < 1.29 is 47.6 Å². The van der Waals surface area contributed by atoms with Crippen molar-refractivity contribution in [2.45, 2.75) is 50.4 Å². The molecule has 10 heteroatoms. The summed E-state index contributed by atoms with van der Waals surface area (Å²) in [5.41, 5.74) is 0. The molecule has 3 saturated heterocycles. The fourth-order valence-corrected chi connectivity index (χ4v) is 4.07. The number of rotatable bonds is 13. The van der Waals surface area contributed by atoms with Crippen LogP contribution in [0.5, 0.6) is 0 Å². The summed E-state index contributed by atoms with van der Waals surface area (Å²) in [5.74, 6) is -4.91. The lowest BCUT2D eigenvalue weighted by molar-refractivity contribution is -0.170. The third-order valence-corrected chi connectivity index (χ3v) is 6.38. The molecule has 0 radical (unpaired) electrons. The Labute approximate surface area is 186 Å². The molecule has 0 aromatic rings. The van der Waals surface area contributed by atoms with Gasteiger partial charge in [-0.3, -0.25) is 14.4 Å². The quantitative estimate of drug-likeness (QED) is 0.167. The van der Waals surface area contributed by atoms with Crippen LogP contribution in [0.2, 0.25) is 0 Å². The van der Waals surface area contributed by atoms with Gasteiger partial charge in [-0.05, 0) is 12.8 Å². The smallest absolute Gasteiger partial charge is 0.309 e. The third kappa shape index (κ3) is 6.73. The minimum absolute atomic E-state index is 0.00638. The molecule has 1 saturated carbocycles. The predicted molar refractivity (Wildman–Crippen MR) is 105 cm³/mol. The molecule has 0 amide bonds. The van der Waals surface area contributed by atoms with Crippen molar-refractivity contribution in [1.82, 2.24) is 0 Å². The summed E-state index contributed by atoms with van der Waals surface area (Å²) in [6.07, 6.45) is 2.82. The summed E-state index contributed by atoms with van der Waals surface area (Å²) in [7, 11) is 0. The van der Waals surface area contributed by atoms with Gasteiger partial charge in [0.2, 0.25) is 0 Å². The Bertz CT molecular complexity index is 697. The molecule has 32 heavy (non-hydrogen) atoms. The van der Waals surface area contributed by atoms with E-state index in [9.17, 15) is 19.2 Å². The van der Waals surface area contributed by atoms with E-state index in [1.54, 1.807) is 0 Å². The van der Waals surface area contributed by atoms with E-state index in [2.05, 4.69) is 0 Å². The van der Waals surface area contributed by atoms with Crippen LogP contribution in [0, 0.1) is 23.7 Å².